The number of fused-ring (bicyclic) bond motifs is 1. The van der Waals surface area contributed by atoms with Crippen molar-refractivity contribution < 1.29 is 0 Å². The molecule has 0 radical (unpaired) electrons. The van der Waals surface area contributed by atoms with E-state index in [1.165, 1.54) is 12.4 Å². The number of anilines is 2. The van der Waals surface area contributed by atoms with Crippen molar-refractivity contribution in [1.82, 2.24) is 19.5 Å². The second kappa shape index (κ2) is 11.3. The summed E-state index contributed by atoms with van der Waals surface area (Å²) < 4.78 is 1.67. The lowest BCUT2D eigenvalue weighted by Crippen LogP contribution is -2.24. The summed E-state index contributed by atoms with van der Waals surface area (Å²) in [7, 11) is 0. The number of hydrogen-bond donors (Lipinski definition) is 4. The number of hydrogen-bond acceptors (Lipinski definition) is 9. The minimum atomic E-state index is -0.115. The van der Waals surface area contributed by atoms with Crippen LogP contribution >= 0.6 is 0 Å². The summed E-state index contributed by atoms with van der Waals surface area (Å²) >= 11 is 0. The van der Waals surface area contributed by atoms with Crippen LogP contribution in [0.25, 0.3) is 22.2 Å². The first-order valence-electron chi connectivity index (χ1n) is 11.0. The number of aryl methyl sites for hydroxylation is 1. The zero-order valence-corrected chi connectivity index (χ0v) is 20.0. The van der Waals surface area contributed by atoms with Gasteiger partial charge in [-0.25, -0.2) is 9.97 Å². The molecule has 2 heterocycles. The Morgan fingerprint density at radius 2 is 1.83 bits per heavy atom. The highest BCUT2D eigenvalue weighted by Gasteiger charge is 2.15. The van der Waals surface area contributed by atoms with Crippen molar-refractivity contribution in [2.24, 2.45) is 11.5 Å². The van der Waals surface area contributed by atoms with E-state index in [0.29, 0.717) is 28.6 Å². The van der Waals surface area contributed by atoms with Gasteiger partial charge in [0.1, 0.15) is 23.3 Å². The number of para-hydroxylation sites is 1. The molecule has 0 aliphatic rings. The molecule has 0 aliphatic carbocycles. The van der Waals surface area contributed by atoms with Gasteiger partial charge >= 0.3 is 0 Å². The highest BCUT2D eigenvalue weighted by molar-refractivity contribution is 5.94. The first kappa shape index (κ1) is 25.5. The number of nitrogens with two attached hydrogens (primary N) is 4. The molecule has 4 rings (SSSR count). The van der Waals surface area contributed by atoms with Gasteiger partial charge in [-0.15, -0.1) is 0 Å². The Bertz CT molecular complexity index is 1540. The van der Waals surface area contributed by atoms with Gasteiger partial charge in [-0.05, 0) is 42.3 Å². The number of aromatic nitrogens is 4. The molecule has 2 aromatic carbocycles. The fourth-order valence-corrected chi connectivity index (χ4v) is 3.55. The van der Waals surface area contributed by atoms with Crippen LogP contribution in [-0.2, 0) is 6.42 Å². The van der Waals surface area contributed by atoms with Crippen LogP contribution in [0.5, 0.6) is 0 Å². The van der Waals surface area contributed by atoms with E-state index in [0.717, 1.165) is 17.1 Å². The van der Waals surface area contributed by atoms with Crippen molar-refractivity contribution in [2.45, 2.75) is 20.3 Å². The van der Waals surface area contributed by atoms with Crippen molar-refractivity contribution in [3.8, 4) is 11.8 Å². The number of rotatable bonds is 4. The SMILES string of the molecule is CCc1nc2cccc(C(/C=C(/C)N)=C/N)c2c(=O)n1-c1ccccc1.N#Cc1cnc(N)nc1N. The van der Waals surface area contributed by atoms with Crippen LogP contribution in [0.4, 0.5) is 11.8 Å². The van der Waals surface area contributed by atoms with Crippen LogP contribution in [0.1, 0.15) is 30.8 Å². The Morgan fingerprint density at radius 3 is 2.42 bits per heavy atom. The first-order chi connectivity index (χ1) is 17.3. The minimum absolute atomic E-state index is 0.0801. The summed E-state index contributed by atoms with van der Waals surface area (Å²) in [5, 5.41) is 8.89. The Labute approximate surface area is 208 Å². The maximum atomic E-state index is 13.4. The molecule has 4 aromatic rings. The second-order valence-electron chi connectivity index (χ2n) is 7.71. The highest BCUT2D eigenvalue weighted by atomic mass is 16.1. The molecule has 0 saturated carbocycles. The van der Waals surface area contributed by atoms with Crippen LogP contribution in [0.3, 0.4) is 0 Å². The molecule has 0 amide bonds. The molecule has 36 heavy (non-hydrogen) atoms. The molecule has 0 unspecified atom stereocenters. The van der Waals surface area contributed by atoms with Gasteiger partial charge < -0.3 is 22.9 Å². The summed E-state index contributed by atoms with van der Waals surface area (Å²) in [6, 6.07) is 16.9. The van der Waals surface area contributed by atoms with Crippen LogP contribution in [0.2, 0.25) is 0 Å². The van der Waals surface area contributed by atoms with Crippen LogP contribution in [0, 0.1) is 11.3 Å². The summed E-state index contributed by atoms with van der Waals surface area (Å²) in [4.78, 5) is 25.3. The van der Waals surface area contributed by atoms with Gasteiger partial charge in [0.05, 0.1) is 22.8 Å². The normalized spacial score (nSPS) is 11.5. The molecule has 0 saturated heterocycles. The quantitative estimate of drug-likeness (QED) is 0.317. The largest absolute Gasteiger partial charge is 0.404 e. The lowest BCUT2D eigenvalue weighted by molar-refractivity contribution is 0.833. The third kappa shape index (κ3) is 5.48. The van der Waals surface area contributed by atoms with E-state index in [2.05, 4.69) is 9.97 Å². The topological polar surface area (TPSA) is 189 Å². The van der Waals surface area contributed by atoms with E-state index in [1.807, 2.05) is 61.5 Å². The van der Waals surface area contributed by atoms with Crippen molar-refractivity contribution in [2.75, 3.05) is 11.5 Å². The standard InChI is InChI=1S/C21H22N4O.C5H5N5/c1-3-19-24-18-11-7-10-17(15(13-22)12-14(2)23)20(18)21(26)25(19)16-8-5-4-6-9-16;6-1-3-2-9-5(8)10-4(3)7/h4-13H,3,22-23H2,1-2H3;2H,(H4,7,8,9,10)/b14-12-,15-13+;. The smallest absolute Gasteiger partial charge is 0.266 e. The summed E-state index contributed by atoms with van der Waals surface area (Å²) in [5.41, 5.74) is 25.7. The molecule has 2 aromatic heterocycles. The van der Waals surface area contributed by atoms with Crippen LogP contribution < -0.4 is 28.5 Å². The minimum Gasteiger partial charge on any atom is -0.404 e. The monoisotopic (exact) mass is 481 g/mol. The lowest BCUT2D eigenvalue weighted by Gasteiger charge is -2.14. The zero-order valence-electron chi connectivity index (χ0n) is 20.0. The zero-order chi connectivity index (χ0) is 26.2. The predicted octanol–water partition coefficient (Wildman–Crippen LogP) is 2.62. The second-order valence-corrected chi connectivity index (χ2v) is 7.71. The average molecular weight is 482 g/mol. The van der Waals surface area contributed by atoms with E-state index < -0.39 is 0 Å². The molecule has 0 atom stereocenters. The molecule has 8 N–H and O–H groups in total. The van der Waals surface area contributed by atoms with Crippen molar-refractivity contribution in [1.29, 1.82) is 5.26 Å². The van der Waals surface area contributed by atoms with Gasteiger partial charge in [-0.3, -0.25) is 9.36 Å². The predicted molar refractivity (Wildman–Crippen MR) is 142 cm³/mol. The molecule has 0 fully saturated rings. The fraction of sp³-hybridized carbons (Fsp3) is 0.115. The Balaban J connectivity index is 0.000000303. The van der Waals surface area contributed by atoms with Gasteiger partial charge in [0.25, 0.3) is 5.56 Å². The molecule has 10 heteroatoms. The van der Waals surface area contributed by atoms with Crippen molar-refractivity contribution in [3.63, 3.8) is 0 Å². The fourth-order valence-electron chi connectivity index (χ4n) is 3.55. The maximum absolute atomic E-state index is 13.4. The highest BCUT2D eigenvalue weighted by Crippen LogP contribution is 2.24. The molecule has 10 nitrogen and oxygen atoms in total. The molecule has 0 aliphatic heterocycles. The Morgan fingerprint density at radius 1 is 1.11 bits per heavy atom. The average Bonchev–Trinajstić information content (AvgIpc) is 2.87. The summed E-state index contributed by atoms with van der Waals surface area (Å²) in [6.45, 7) is 3.77. The molecule has 0 spiro atoms. The van der Waals surface area contributed by atoms with Crippen molar-refractivity contribution in [3.05, 3.63) is 100 Å². The van der Waals surface area contributed by atoms with E-state index in [9.17, 15) is 4.79 Å². The van der Waals surface area contributed by atoms with Gasteiger partial charge in [-0.1, -0.05) is 37.3 Å². The van der Waals surface area contributed by atoms with Gasteiger partial charge in [-0.2, -0.15) is 10.2 Å². The number of allylic oxidation sites excluding steroid dienone is 3. The Kier molecular flexibility index (Phi) is 7.99. The summed E-state index contributed by atoms with van der Waals surface area (Å²) in [5.74, 6) is 0.918. The maximum Gasteiger partial charge on any atom is 0.266 e. The number of benzene rings is 2. The third-order valence-electron chi connectivity index (χ3n) is 5.13. The van der Waals surface area contributed by atoms with Gasteiger partial charge in [0.15, 0.2) is 0 Å². The van der Waals surface area contributed by atoms with E-state index in [4.69, 9.17) is 33.2 Å². The third-order valence-corrected chi connectivity index (χ3v) is 5.13. The van der Waals surface area contributed by atoms with Crippen molar-refractivity contribution >= 4 is 28.2 Å². The van der Waals surface area contributed by atoms with Gasteiger partial charge in [0, 0.05) is 18.3 Å². The van der Waals surface area contributed by atoms with E-state index in [1.54, 1.807) is 17.6 Å². The van der Waals surface area contributed by atoms with Gasteiger partial charge in [0.2, 0.25) is 5.95 Å². The molecular formula is C26H27N9O. The number of nitrogen functional groups attached to an aromatic ring is 2. The van der Waals surface area contributed by atoms with E-state index >= 15 is 0 Å². The molecular weight excluding hydrogens is 454 g/mol. The van der Waals surface area contributed by atoms with E-state index in [-0.39, 0.29) is 22.9 Å². The lowest BCUT2D eigenvalue weighted by atomic mass is 10.0. The van der Waals surface area contributed by atoms with Crippen LogP contribution in [-0.4, -0.2) is 19.5 Å². The summed E-state index contributed by atoms with van der Waals surface area (Å²) in [6.07, 6.45) is 5.16. The van der Waals surface area contributed by atoms with Crippen LogP contribution in [0.15, 0.2) is 77.5 Å². The number of nitriles is 1. The first-order valence-corrected chi connectivity index (χ1v) is 11.0. The molecule has 182 valence electrons. The Hall–Kier alpha value is -5.17. The number of nitrogens with zero attached hydrogens (tertiary/aromatic N) is 5. The molecule has 0 bridgehead atoms.